The lowest BCUT2D eigenvalue weighted by Gasteiger charge is -2.06. The van der Waals surface area contributed by atoms with Gasteiger partial charge in [0.1, 0.15) is 0 Å². The van der Waals surface area contributed by atoms with Crippen LogP contribution < -0.4 is 5.73 Å². The van der Waals surface area contributed by atoms with Crippen molar-refractivity contribution in [2.75, 3.05) is 12.0 Å². The summed E-state index contributed by atoms with van der Waals surface area (Å²) < 4.78 is 22.9. The Morgan fingerprint density at radius 1 is 1.15 bits per heavy atom. The number of sulfone groups is 1. The quantitative estimate of drug-likeness (QED) is 0.531. The summed E-state index contributed by atoms with van der Waals surface area (Å²) in [5, 5.41) is 11.1. The van der Waals surface area contributed by atoms with E-state index in [1.807, 2.05) is 0 Å². The molecule has 0 saturated carbocycles. The van der Waals surface area contributed by atoms with E-state index < -0.39 is 14.8 Å². The molecule has 0 heterocycles. The van der Waals surface area contributed by atoms with Crippen molar-refractivity contribution in [1.29, 1.82) is 0 Å². The lowest BCUT2D eigenvalue weighted by molar-refractivity contribution is -0.384. The summed E-state index contributed by atoms with van der Waals surface area (Å²) in [4.78, 5) is 10.4. The zero-order valence-electron chi connectivity index (χ0n) is 10.6. The molecule has 0 unspecified atom stereocenters. The van der Waals surface area contributed by atoms with Gasteiger partial charge in [-0.05, 0) is 29.8 Å². The van der Waals surface area contributed by atoms with Gasteiger partial charge in [-0.2, -0.15) is 0 Å². The molecule has 20 heavy (non-hydrogen) atoms. The number of anilines is 1. The minimum atomic E-state index is -3.50. The van der Waals surface area contributed by atoms with E-state index in [-0.39, 0.29) is 10.6 Å². The second-order valence-electron chi connectivity index (χ2n) is 4.33. The van der Waals surface area contributed by atoms with Crippen LogP contribution >= 0.6 is 0 Å². The molecule has 0 bridgehead atoms. The minimum absolute atomic E-state index is 0.0862. The van der Waals surface area contributed by atoms with Gasteiger partial charge < -0.3 is 5.73 Å². The number of benzene rings is 2. The first-order valence-corrected chi connectivity index (χ1v) is 7.52. The number of nitrogens with zero attached hydrogens (tertiary/aromatic N) is 1. The first-order chi connectivity index (χ1) is 9.29. The molecule has 0 atom stereocenters. The van der Waals surface area contributed by atoms with Crippen LogP contribution in [0.3, 0.4) is 0 Å². The zero-order chi connectivity index (χ0) is 14.9. The van der Waals surface area contributed by atoms with Gasteiger partial charge in [-0.25, -0.2) is 8.42 Å². The molecular formula is C13H12N2O4S. The van der Waals surface area contributed by atoms with Gasteiger partial charge in [0.05, 0.1) is 15.4 Å². The van der Waals surface area contributed by atoms with Crippen molar-refractivity contribution in [2.45, 2.75) is 4.90 Å². The molecule has 0 aliphatic rings. The fourth-order valence-electron chi connectivity index (χ4n) is 1.84. The molecule has 0 saturated heterocycles. The number of nitro groups is 1. The molecule has 0 aliphatic heterocycles. The van der Waals surface area contributed by atoms with Crippen molar-refractivity contribution in [3.8, 4) is 11.1 Å². The van der Waals surface area contributed by atoms with Gasteiger partial charge in [0, 0.05) is 18.0 Å². The van der Waals surface area contributed by atoms with Crippen LogP contribution in [0, 0.1) is 10.1 Å². The first kappa shape index (κ1) is 14.0. The van der Waals surface area contributed by atoms with Crippen molar-refractivity contribution in [2.24, 2.45) is 0 Å². The van der Waals surface area contributed by atoms with E-state index in [1.54, 1.807) is 24.3 Å². The molecule has 2 aromatic carbocycles. The summed E-state index contributed by atoms with van der Waals surface area (Å²) in [6.07, 6.45) is 1.01. The molecule has 0 aliphatic carbocycles. The van der Waals surface area contributed by atoms with Crippen LogP contribution in [-0.4, -0.2) is 19.6 Å². The third-order valence-electron chi connectivity index (χ3n) is 2.79. The maximum Gasteiger partial charge on any atom is 0.278 e. The van der Waals surface area contributed by atoms with E-state index in [0.29, 0.717) is 16.8 Å². The van der Waals surface area contributed by atoms with Crippen molar-refractivity contribution >= 4 is 21.2 Å². The predicted molar refractivity (Wildman–Crippen MR) is 76.1 cm³/mol. The highest BCUT2D eigenvalue weighted by Crippen LogP contribution is 2.32. The van der Waals surface area contributed by atoms with E-state index in [2.05, 4.69) is 0 Å². The van der Waals surface area contributed by atoms with Crippen molar-refractivity contribution < 1.29 is 13.3 Å². The Balaban J connectivity index is 2.69. The van der Waals surface area contributed by atoms with Gasteiger partial charge in [-0.15, -0.1) is 0 Å². The van der Waals surface area contributed by atoms with Crippen molar-refractivity contribution in [3.63, 3.8) is 0 Å². The van der Waals surface area contributed by atoms with Gasteiger partial charge in [0.25, 0.3) is 5.69 Å². The molecule has 0 spiro atoms. The molecule has 0 radical (unpaired) electrons. The maximum atomic E-state index is 11.5. The molecule has 2 aromatic rings. The topological polar surface area (TPSA) is 103 Å². The minimum Gasteiger partial charge on any atom is -0.399 e. The molecule has 2 N–H and O–H groups in total. The van der Waals surface area contributed by atoms with Gasteiger partial charge >= 0.3 is 0 Å². The Labute approximate surface area is 115 Å². The largest absolute Gasteiger partial charge is 0.399 e. The molecule has 7 heteroatoms. The highest BCUT2D eigenvalue weighted by Gasteiger charge is 2.19. The van der Waals surface area contributed by atoms with Crippen LogP contribution in [0.15, 0.2) is 47.4 Å². The summed E-state index contributed by atoms with van der Waals surface area (Å²) in [6.45, 7) is 0. The molecule has 104 valence electrons. The van der Waals surface area contributed by atoms with Crippen LogP contribution in [0.25, 0.3) is 11.1 Å². The zero-order valence-corrected chi connectivity index (χ0v) is 11.4. The average molecular weight is 292 g/mol. The molecule has 0 fully saturated rings. The second kappa shape index (κ2) is 4.93. The lowest BCUT2D eigenvalue weighted by Crippen LogP contribution is -2.00. The normalized spacial score (nSPS) is 11.2. The predicted octanol–water partition coefficient (Wildman–Crippen LogP) is 2.25. The summed E-state index contributed by atoms with van der Waals surface area (Å²) in [7, 11) is -3.50. The highest BCUT2D eigenvalue weighted by atomic mass is 32.2. The number of hydrogen-bond donors (Lipinski definition) is 1. The molecule has 6 nitrogen and oxygen atoms in total. The van der Waals surface area contributed by atoms with E-state index in [4.69, 9.17) is 5.73 Å². The fraction of sp³-hybridized carbons (Fsp3) is 0.0769. The second-order valence-corrected chi connectivity index (χ2v) is 6.35. The summed E-state index contributed by atoms with van der Waals surface area (Å²) in [6, 6.07) is 10.5. The Bertz CT molecular complexity index is 785. The van der Waals surface area contributed by atoms with Crippen LogP contribution in [0.4, 0.5) is 11.4 Å². The van der Waals surface area contributed by atoms with Crippen molar-refractivity contribution in [1.82, 2.24) is 0 Å². The molecule has 2 rings (SSSR count). The average Bonchev–Trinajstić information content (AvgIpc) is 2.37. The molecule has 0 aromatic heterocycles. The molecular weight excluding hydrogens is 280 g/mol. The van der Waals surface area contributed by atoms with Gasteiger partial charge in [-0.3, -0.25) is 10.1 Å². The third kappa shape index (κ3) is 2.77. The standard InChI is InChI=1S/C13H12N2O4S/c1-20(18,19)11-5-6-12(13(8-11)15(16)17)9-3-2-4-10(14)7-9/h2-8H,14H2,1H3. The van der Waals surface area contributed by atoms with E-state index in [0.717, 1.165) is 12.3 Å². The lowest BCUT2D eigenvalue weighted by atomic mass is 10.0. The van der Waals surface area contributed by atoms with Crippen LogP contribution in [-0.2, 0) is 9.84 Å². The summed E-state index contributed by atoms with van der Waals surface area (Å²) in [5.74, 6) is 0. The number of nitrogens with two attached hydrogens (primary N) is 1. The first-order valence-electron chi connectivity index (χ1n) is 5.63. The smallest absolute Gasteiger partial charge is 0.278 e. The SMILES string of the molecule is CS(=O)(=O)c1ccc(-c2cccc(N)c2)c([N+](=O)[O-])c1. The fourth-order valence-corrected chi connectivity index (χ4v) is 2.48. The summed E-state index contributed by atoms with van der Waals surface area (Å²) in [5.41, 5.74) is 6.76. The Morgan fingerprint density at radius 2 is 1.85 bits per heavy atom. The number of nitrogen functional groups attached to an aromatic ring is 1. The van der Waals surface area contributed by atoms with Crippen molar-refractivity contribution in [3.05, 3.63) is 52.6 Å². The van der Waals surface area contributed by atoms with E-state index >= 15 is 0 Å². The summed E-state index contributed by atoms with van der Waals surface area (Å²) >= 11 is 0. The van der Waals surface area contributed by atoms with Crippen LogP contribution in [0.2, 0.25) is 0 Å². The van der Waals surface area contributed by atoms with E-state index in [9.17, 15) is 18.5 Å². The van der Waals surface area contributed by atoms with Gasteiger partial charge in [0.2, 0.25) is 0 Å². The monoisotopic (exact) mass is 292 g/mol. The van der Waals surface area contributed by atoms with Crippen LogP contribution in [0.5, 0.6) is 0 Å². The van der Waals surface area contributed by atoms with Crippen LogP contribution in [0.1, 0.15) is 0 Å². The Hall–Kier alpha value is -2.41. The molecule has 0 amide bonds. The van der Waals surface area contributed by atoms with E-state index in [1.165, 1.54) is 12.1 Å². The highest BCUT2D eigenvalue weighted by molar-refractivity contribution is 7.90. The van der Waals surface area contributed by atoms with Gasteiger partial charge in [-0.1, -0.05) is 12.1 Å². The number of rotatable bonds is 3. The Morgan fingerprint density at radius 3 is 2.40 bits per heavy atom. The Kier molecular flexibility index (Phi) is 3.46. The number of nitro benzene ring substituents is 1. The third-order valence-corrected chi connectivity index (χ3v) is 3.90. The maximum absolute atomic E-state index is 11.5. The van der Waals surface area contributed by atoms with Gasteiger partial charge in [0.15, 0.2) is 9.84 Å². The number of hydrogen-bond acceptors (Lipinski definition) is 5.